The zero-order valence-corrected chi connectivity index (χ0v) is 35.4. The summed E-state index contributed by atoms with van der Waals surface area (Å²) in [5, 5.41) is 29.9. The lowest BCUT2D eigenvalue weighted by atomic mass is 9.32. The molecule has 3 N–H and O–H groups in total. The van der Waals surface area contributed by atoms with Crippen molar-refractivity contribution in [3.8, 4) is 16.9 Å². The van der Waals surface area contributed by atoms with Crippen LogP contribution in [0, 0.1) is 33.5 Å². The molecular weight excluding hydrogens is 757 g/mol. The SMILES string of the molecule is COc1ccc(NC(=O)N(Cc2cccc3ccccc23)C[C@]2(O)CC[C@H]3[C@]45C=C[C@@]6(C=C4C(=O)c4ccc(-c7ccccc7)cc4)CC(O)CC[C@]6(C)[C@H]5CC[C@@]32C)cc1. The highest BCUT2D eigenvalue weighted by Crippen LogP contribution is 2.78. The van der Waals surface area contributed by atoms with Gasteiger partial charge in [-0.25, -0.2) is 4.79 Å². The number of Topliss-reactive ketones (excluding diaryl/α,β-unsaturated/α-hetero) is 1. The summed E-state index contributed by atoms with van der Waals surface area (Å²) in [6.07, 6.45) is 11.6. The largest absolute Gasteiger partial charge is 0.497 e. The summed E-state index contributed by atoms with van der Waals surface area (Å²) in [5.41, 5.74) is 2.24. The lowest BCUT2D eigenvalue weighted by Gasteiger charge is -2.71. The third-order valence-corrected chi connectivity index (χ3v) is 16.5. The van der Waals surface area contributed by atoms with E-state index >= 15 is 4.79 Å². The van der Waals surface area contributed by atoms with Crippen LogP contribution < -0.4 is 10.1 Å². The Labute approximate surface area is 359 Å². The maximum atomic E-state index is 15.3. The molecule has 1 unspecified atom stereocenters. The van der Waals surface area contributed by atoms with E-state index in [-0.39, 0.29) is 35.6 Å². The van der Waals surface area contributed by atoms with E-state index in [0.29, 0.717) is 36.4 Å². The summed E-state index contributed by atoms with van der Waals surface area (Å²) in [4.78, 5) is 31.7. The predicted molar refractivity (Wildman–Crippen MR) is 241 cm³/mol. The Balaban J connectivity index is 1.03. The van der Waals surface area contributed by atoms with Crippen LogP contribution in [0.5, 0.6) is 5.75 Å². The molecule has 312 valence electrons. The van der Waals surface area contributed by atoms with Crippen LogP contribution in [0.4, 0.5) is 10.5 Å². The van der Waals surface area contributed by atoms with Crippen LogP contribution in [-0.4, -0.2) is 52.3 Å². The molecule has 2 bridgehead atoms. The number of ether oxygens (including phenoxy) is 1. The Hall–Kier alpha value is -5.50. The molecule has 7 nitrogen and oxygen atoms in total. The molecule has 0 radical (unpaired) electrons. The maximum absolute atomic E-state index is 15.3. The number of hydrogen-bond donors (Lipinski definition) is 3. The van der Waals surface area contributed by atoms with Crippen molar-refractivity contribution >= 4 is 28.3 Å². The molecule has 2 amide bonds. The Morgan fingerprint density at radius 2 is 1.43 bits per heavy atom. The van der Waals surface area contributed by atoms with E-state index in [0.717, 1.165) is 65.1 Å². The van der Waals surface area contributed by atoms with Gasteiger partial charge in [0, 0.05) is 39.6 Å². The van der Waals surface area contributed by atoms with Crippen molar-refractivity contribution in [2.24, 2.45) is 33.5 Å². The number of carbonyl (C=O) groups excluding carboxylic acids is 2. The normalized spacial score (nSPS) is 32.0. The van der Waals surface area contributed by atoms with E-state index in [1.807, 2.05) is 84.9 Å². The molecule has 3 saturated carbocycles. The van der Waals surface area contributed by atoms with Gasteiger partial charge in [0.15, 0.2) is 5.78 Å². The number of methoxy groups -OCH3 is 1. The summed E-state index contributed by atoms with van der Waals surface area (Å²) in [6, 6.07) is 39.7. The number of aliphatic hydroxyl groups is 2. The summed E-state index contributed by atoms with van der Waals surface area (Å²) in [7, 11) is 1.62. The van der Waals surface area contributed by atoms with E-state index in [2.05, 4.69) is 73.8 Å². The molecule has 6 aliphatic rings. The number of fused-ring (bicyclic) bond motifs is 2. The summed E-state index contributed by atoms with van der Waals surface area (Å²) in [5.74, 6) is 0.845. The van der Waals surface area contributed by atoms with Gasteiger partial charge in [-0.1, -0.05) is 129 Å². The first-order valence-corrected chi connectivity index (χ1v) is 22.1. The zero-order valence-electron chi connectivity index (χ0n) is 35.4. The molecule has 0 aliphatic heterocycles. The van der Waals surface area contributed by atoms with Gasteiger partial charge in [0.05, 0.1) is 25.4 Å². The molecular formula is C54H56N2O5. The fraction of sp³-hybridized carbons (Fsp3) is 0.370. The molecule has 8 atom stereocenters. The summed E-state index contributed by atoms with van der Waals surface area (Å²) >= 11 is 0. The monoisotopic (exact) mass is 812 g/mol. The first kappa shape index (κ1) is 39.6. The first-order chi connectivity index (χ1) is 29.4. The maximum Gasteiger partial charge on any atom is 0.322 e. The van der Waals surface area contributed by atoms with E-state index in [1.165, 1.54) is 0 Å². The third-order valence-electron chi connectivity index (χ3n) is 16.5. The first-order valence-electron chi connectivity index (χ1n) is 22.1. The van der Waals surface area contributed by atoms with E-state index in [4.69, 9.17) is 4.74 Å². The second kappa shape index (κ2) is 14.6. The Kier molecular flexibility index (Phi) is 9.46. The highest BCUT2D eigenvalue weighted by Gasteiger charge is 2.74. The van der Waals surface area contributed by atoms with Gasteiger partial charge in [-0.05, 0) is 114 Å². The Morgan fingerprint density at radius 1 is 0.754 bits per heavy atom. The van der Waals surface area contributed by atoms with Crippen molar-refractivity contribution in [3.63, 3.8) is 0 Å². The minimum atomic E-state index is -1.24. The van der Waals surface area contributed by atoms with Crippen LogP contribution >= 0.6 is 0 Å². The number of hydrogen-bond acceptors (Lipinski definition) is 5. The van der Waals surface area contributed by atoms with Crippen molar-refractivity contribution in [1.82, 2.24) is 4.90 Å². The van der Waals surface area contributed by atoms with Crippen LogP contribution in [0.3, 0.4) is 0 Å². The van der Waals surface area contributed by atoms with E-state index in [9.17, 15) is 15.0 Å². The number of ketones is 1. The Bertz CT molecular complexity index is 2560. The van der Waals surface area contributed by atoms with E-state index < -0.39 is 27.9 Å². The average Bonchev–Trinajstić information content (AvgIpc) is 3.56. The molecule has 5 aromatic carbocycles. The number of rotatable bonds is 9. The van der Waals surface area contributed by atoms with Crippen LogP contribution in [0.15, 0.2) is 145 Å². The number of nitrogens with zero attached hydrogens (tertiary/aromatic N) is 1. The van der Waals surface area contributed by atoms with Crippen molar-refractivity contribution in [3.05, 3.63) is 156 Å². The van der Waals surface area contributed by atoms with Gasteiger partial charge in [0.1, 0.15) is 5.75 Å². The van der Waals surface area contributed by atoms with Crippen LogP contribution in [-0.2, 0) is 6.54 Å². The number of nitrogens with one attached hydrogen (secondary N) is 1. The summed E-state index contributed by atoms with van der Waals surface area (Å²) in [6.45, 7) is 5.09. The average molecular weight is 813 g/mol. The van der Waals surface area contributed by atoms with E-state index in [1.54, 1.807) is 12.0 Å². The molecule has 11 rings (SSSR count). The third kappa shape index (κ3) is 6.06. The van der Waals surface area contributed by atoms with Crippen LogP contribution in [0.2, 0.25) is 0 Å². The number of aliphatic hydroxyl groups excluding tert-OH is 1. The standard InChI is InChI=1S/C54H56N2O5/c1-50-27-24-42(57)32-52(50)30-31-54(45(33-52)48(58)39-18-16-37(17-19-39)36-10-5-4-6-11-36)46(50)25-28-51(2)47(54)26-29-53(51,60)35-56(49(59)55-41-20-22-43(61-3)23-21-41)34-40-14-9-13-38-12-7-8-15-44(38)40/h4-23,30-31,33,42,46-47,57,60H,24-29,32,34-35H2,1-3H3,(H,55,59)/t42?,46-,47-,50-,51+,52+,53-,54-/m1/s1. The van der Waals surface area contributed by atoms with Gasteiger partial charge in [0.2, 0.25) is 0 Å². The molecule has 2 spiro atoms. The van der Waals surface area contributed by atoms with Gasteiger partial charge in [-0.15, -0.1) is 0 Å². The fourth-order valence-corrected chi connectivity index (χ4v) is 13.2. The number of carbonyl (C=O) groups is 2. The molecule has 61 heavy (non-hydrogen) atoms. The molecule has 5 aromatic rings. The highest BCUT2D eigenvalue weighted by atomic mass is 16.5. The minimum absolute atomic E-state index is 0.0339. The zero-order chi connectivity index (χ0) is 42.2. The molecule has 3 fully saturated rings. The lowest BCUT2D eigenvalue weighted by molar-refractivity contribution is -0.174. The number of allylic oxidation sites excluding steroid dienone is 4. The fourth-order valence-electron chi connectivity index (χ4n) is 13.2. The molecule has 7 heteroatoms. The van der Waals surface area contributed by atoms with Gasteiger partial charge in [-0.3, -0.25) is 4.79 Å². The molecule has 0 heterocycles. The minimum Gasteiger partial charge on any atom is -0.497 e. The van der Waals surface area contributed by atoms with Gasteiger partial charge >= 0.3 is 6.03 Å². The highest BCUT2D eigenvalue weighted by molar-refractivity contribution is 6.10. The number of anilines is 1. The second-order valence-electron chi connectivity index (χ2n) is 19.2. The lowest BCUT2D eigenvalue weighted by Crippen LogP contribution is -2.67. The summed E-state index contributed by atoms with van der Waals surface area (Å²) < 4.78 is 5.37. The topological polar surface area (TPSA) is 99.1 Å². The molecule has 6 aliphatic carbocycles. The number of benzene rings is 5. The van der Waals surface area contributed by atoms with Crippen LogP contribution in [0.1, 0.15) is 74.7 Å². The van der Waals surface area contributed by atoms with Crippen molar-refractivity contribution in [1.29, 1.82) is 0 Å². The Morgan fingerprint density at radius 3 is 2.20 bits per heavy atom. The number of urea groups is 1. The van der Waals surface area contributed by atoms with Crippen LogP contribution in [0.25, 0.3) is 21.9 Å². The number of amides is 2. The predicted octanol–water partition coefficient (Wildman–Crippen LogP) is 11.0. The van der Waals surface area contributed by atoms with Crippen molar-refractivity contribution < 1.29 is 24.5 Å². The molecule has 0 aromatic heterocycles. The van der Waals surface area contributed by atoms with Gasteiger partial charge < -0.3 is 25.2 Å². The van der Waals surface area contributed by atoms with Crippen molar-refractivity contribution in [2.75, 3.05) is 19.0 Å². The van der Waals surface area contributed by atoms with Gasteiger partial charge in [0.25, 0.3) is 0 Å². The molecule has 0 saturated heterocycles. The smallest absolute Gasteiger partial charge is 0.322 e. The van der Waals surface area contributed by atoms with Crippen molar-refractivity contribution in [2.45, 2.75) is 77.0 Å². The quantitative estimate of drug-likeness (QED) is 0.102. The second-order valence-corrected chi connectivity index (χ2v) is 19.2. The van der Waals surface area contributed by atoms with Gasteiger partial charge in [-0.2, -0.15) is 0 Å².